The Hall–Kier alpha value is -2.47. The smallest absolute Gasteiger partial charge is 0.191 e. The van der Waals surface area contributed by atoms with Crippen LogP contribution in [0.2, 0.25) is 0 Å². The summed E-state index contributed by atoms with van der Waals surface area (Å²) in [6, 6.07) is 10.4. The van der Waals surface area contributed by atoms with E-state index in [1.807, 2.05) is 40.9 Å². The maximum absolute atomic E-state index is 10.8. The minimum atomic E-state index is -1.08. The summed E-state index contributed by atoms with van der Waals surface area (Å²) < 4.78 is 5.55. The van der Waals surface area contributed by atoms with E-state index in [4.69, 9.17) is 4.42 Å². The average Bonchev–Trinajstić information content (AvgIpc) is 2.99. The van der Waals surface area contributed by atoms with E-state index in [2.05, 4.69) is 44.8 Å². The SMILES string of the molecule is CCNC(=NCC(C)(O)c1cc(C)oc1C)NCCc1ccc(N(C)C)cc1. The highest BCUT2D eigenvalue weighted by atomic mass is 16.3. The summed E-state index contributed by atoms with van der Waals surface area (Å²) in [6.07, 6.45) is 0.897. The van der Waals surface area contributed by atoms with Gasteiger partial charge in [0.15, 0.2) is 5.96 Å². The Bertz CT molecular complexity index is 776. The number of aryl methyl sites for hydroxylation is 2. The lowest BCUT2D eigenvalue weighted by Crippen LogP contribution is -2.39. The molecule has 2 rings (SSSR count). The van der Waals surface area contributed by atoms with E-state index in [-0.39, 0.29) is 6.54 Å². The number of anilines is 1. The number of benzene rings is 1. The van der Waals surface area contributed by atoms with Crippen LogP contribution in [-0.2, 0) is 12.0 Å². The Labute approximate surface area is 168 Å². The molecule has 0 amide bonds. The van der Waals surface area contributed by atoms with Crippen molar-refractivity contribution in [1.29, 1.82) is 0 Å². The van der Waals surface area contributed by atoms with Gasteiger partial charge in [-0.15, -0.1) is 0 Å². The third-order valence-corrected chi connectivity index (χ3v) is 4.67. The highest BCUT2D eigenvalue weighted by Crippen LogP contribution is 2.27. The second-order valence-corrected chi connectivity index (χ2v) is 7.53. The van der Waals surface area contributed by atoms with Gasteiger partial charge in [0.1, 0.15) is 17.1 Å². The lowest BCUT2D eigenvalue weighted by Gasteiger charge is -2.21. The van der Waals surface area contributed by atoms with E-state index in [0.717, 1.165) is 36.6 Å². The Morgan fingerprint density at radius 3 is 2.39 bits per heavy atom. The van der Waals surface area contributed by atoms with Crippen LogP contribution in [0.3, 0.4) is 0 Å². The molecule has 3 N–H and O–H groups in total. The van der Waals surface area contributed by atoms with Crippen LogP contribution in [0.25, 0.3) is 0 Å². The third-order valence-electron chi connectivity index (χ3n) is 4.67. The van der Waals surface area contributed by atoms with Crippen LogP contribution in [0.1, 0.15) is 36.5 Å². The Kier molecular flexibility index (Phi) is 7.52. The van der Waals surface area contributed by atoms with Crippen molar-refractivity contribution in [1.82, 2.24) is 10.6 Å². The van der Waals surface area contributed by atoms with Gasteiger partial charge in [-0.1, -0.05) is 12.1 Å². The standard InChI is InChI=1S/C22H34N4O2/c1-7-23-21(24-13-12-18-8-10-19(11-9-18)26(5)6)25-15-22(4,27)20-14-16(2)28-17(20)3/h8-11,14,27H,7,12-13,15H2,1-6H3,(H2,23,24,25). The van der Waals surface area contributed by atoms with Gasteiger partial charge >= 0.3 is 0 Å². The quantitative estimate of drug-likeness (QED) is 0.480. The molecule has 2 aromatic rings. The first-order valence-corrected chi connectivity index (χ1v) is 9.81. The number of aliphatic hydroxyl groups is 1. The van der Waals surface area contributed by atoms with Crippen molar-refractivity contribution in [3.63, 3.8) is 0 Å². The summed E-state index contributed by atoms with van der Waals surface area (Å²) in [5.41, 5.74) is 2.17. The van der Waals surface area contributed by atoms with Crippen LogP contribution in [0.5, 0.6) is 0 Å². The molecule has 1 unspecified atom stereocenters. The minimum absolute atomic E-state index is 0.250. The van der Waals surface area contributed by atoms with Crippen molar-refractivity contribution in [2.75, 3.05) is 38.6 Å². The normalized spacial score (nSPS) is 13.9. The first-order valence-electron chi connectivity index (χ1n) is 9.81. The molecule has 1 aromatic carbocycles. The fraction of sp³-hybridized carbons (Fsp3) is 0.500. The van der Waals surface area contributed by atoms with E-state index < -0.39 is 5.60 Å². The first kappa shape index (κ1) is 21.8. The summed E-state index contributed by atoms with van der Waals surface area (Å²) in [7, 11) is 4.08. The fourth-order valence-electron chi connectivity index (χ4n) is 3.11. The van der Waals surface area contributed by atoms with E-state index in [9.17, 15) is 5.11 Å². The van der Waals surface area contributed by atoms with Crippen molar-refractivity contribution in [3.05, 3.63) is 53.0 Å². The molecule has 0 bridgehead atoms. The predicted molar refractivity (Wildman–Crippen MR) is 116 cm³/mol. The molecule has 0 aliphatic carbocycles. The second kappa shape index (κ2) is 9.64. The van der Waals surface area contributed by atoms with Crippen LogP contribution < -0.4 is 15.5 Å². The van der Waals surface area contributed by atoms with E-state index in [0.29, 0.717) is 5.96 Å². The summed E-state index contributed by atoms with van der Waals surface area (Å²) in [5.74, 6) is 2.23. The van der Waals surface area contributed by atoms with Crippen molar-refractivity contribution in [3.8, 4) is 0 Å². The summed E-state index contributed by atoms with van der Waals surface area (Å²) in [5, 5.41) is 17.4. The van der Waals surface area contributed by atoms with Crippen LogP contribution in [0, 0.1) is 13.8 Å². The van der Waals surface area contributed by atoms with Crippen LogP contribution >= 0.6 is 0 Å². The molecule has 6 heteroatoms. The molecule has 0 aliphatic rings. The molecule has 0 radical (unpaired) electrons. The molecule has 0 saturated carbocycles. The van der Waals surface area contributed by atoms with E-state index in [1.54, 1.807) is 6.92 Å². The Morgan fingerprint density at radius 1 is 1.18 bits per heavy atom. The topological polar surface area (TPSA) is 73.0 Å². The van der Waals surface area contributed by atoms with Crippen LogP contribution in [0.4, 0.5) is 5.69 Å². The largest absolute Gasteiger partial charge is 0.466 e. The monoisotopic (exact) mass is 386 g/mol. The van der Waals surface area contributed by atoms with Gasteiger partial charge in [0.25, 0.3) is 0 Å². The number of aliphatic imine (C=N–C) groups is 1. The Morgan fingerprint density at radius 2 is 1.86 bits per heavy atom. The molecule has 1 aromatic heterocycles. The lowest BCUT2D eigenvalue weighted by atomic mass is 9.96. The number of rotatable bonds is 8. The van der Waals surface area contributed by atoms with Crippen LogP contribution in [0.15, 0.2) is 39.7 Å². The fourth-order valence-corrected chi connectivity index (χ4v) is 3.11. The summed E-state index contributed by atoms with van der Waals surface area (Å²) >= 11 is 0. The van der Waals surface area contributed by atoms with Gasteiger partial charge in [0.05, 0.1) is 6.54 Å². The average molecular weight is 387 g/mol. The van der Waals surface area contributed by atoms with Gasteiger partial charge in [0, 0.05) is 38.4 Å². The third kappa shape index (κ3) is 6.02. The molecular formula is C22H34N4O2. The zero-order chi connectivity index (χ0) is 20.7. The van der Waals surface area contributed by atoms with E-state index in [1.165, 1.54) is 11.3 Å². The molecule has 28 heavy (non-hydrogen) atoms. The van der Waals surface area contributed by atoms with Gasteiger partial charge in [-0.25, -0.2) is 4.99 Å². The highest BCUT2D eigenvalue weighted by molar-refractivity contribution is 5.79. The number of hydrogen-bond acceptors (Lipinski definition) is 4. The molecule has 154 valence electrons. The lowest BCUT2D eigenvalue weighted by molar-refractivity contribution is 0.0657. The highest BCUT2D eigenvalue weighted by Gasteiger charge is 2.27. The van der Waals surface area contributed by atoms with Gasteiger partial charge in [0.2, 0.25) is 0 Å². The molecule has 0 saturated heterocycles. The second-order valence-electron chi connectivity index (χ2n) is 7.53. The van der Waals surface area contributed by atoms with Gasteiger partial charge in [-0.3, -0.25) is 0 Å². The Balaban J connectivity index is 1.95. The number of guanidine groups is 1. The first-order chi connectivity index (χ1) is 13.2. The maximum Gasteiger partial charge on any atom is 0.191 e. The number of nitrogens with zero attached hydrogens (tertiary/aromatic N) is 2. The van der Waals surface area contributed by atoms with Crippen LogP contribution in [-0.4, -0.2) is 44.8 Å². The molecule has 0 spiro atoms. The van der Waals surface area contributed by atoms with Gasteiger partial charge < -0.3 is 25.1 Å². The number of nitrogens with one attached hydrogen (secondary N) is 2. The number of furan rings is 1. The number of hydrogen-bond donors (Lipinski definition) is 3. The zero-order valence-electron chi connectivity index (χ0n) is 18.0. The molecule has 0 fully saturated rings. The molecule has 0 aliphatic heterocycles. The molecule has 1 heterocycles. The van der Waals surface area contributed by atoms with E-state index >= 15 is 0 Å². The molecule has 1 atom stereocenters. The molecular weight excluding hydrogens is 352 g/mol. The summed E-state index contributed by atoms with van der Waals surface area (Å²) in [6.45, 7) is 9.31. The van der Waals surface area contributed by atoms with Gasteiger partial charge in [-0.05, 0) is 57.9 Å². The van der Waals surface area contributed by atoms with Crippen molar-refractivity contribution >= 4 is 11.6 Å². The van der Waals surface area contributed by atoms with Crippen molar-refractivity contribution in [2.45, 2.75) is 39.7 Å². The van der Waals surface area contributed by atoms with Crippen molar-refractivity contribution < 1.29 is 9.52 Å². The maximum atomic E-state index is 10.8. The van der Waals surface area contributed by atoms with Crippen molar-refractivity contribution in [2.24, 2.45) is 4.99 Å². The predicted octanol–water partition coefficient (Wildman–Crippen LogP) is 2.97. The minimum Gasteiger partial charge on any atom is -0.466 e. The summed E-state index contributed by atoms with van der Waals surface area (Å²) in [4.78, 5) is 6.67. The van der Waals surface area contributed by atoms with Gasteiger partial charge in [-0.2, -0.15) is 0 Å². The molecule has 6 nitrogen and oxygen atoms in total. The zero-order valence-corrected chi connectivity index (χ0v) is 18.0.